The maximum Gasteiger partial charge on any atom is 0.231 e. The Morgan fingerprint density at radius 3 is 2.81 bits per heavy atom. The number of hydrogen-bond donors (Lipinski definition) is 0. The van der Waals surface area contributed by atoms with Crippen molar-refractivity contribution in [1.82, 2.24) is 0 Å². The fraction of sp³-hybridized carbons (Fsp3) is 0.125. The number of carbonyl (C=O) groups is 2. The number of ketones is 1. The number of hydrogen-bond acceptors (Lipinski definition) is 2. The molecule has 3 nitrogen and oxygen atoms in total. The summed E-state index contributed by atoms with van der Waals surface area (Å²) in [5.41, 5.74) is 1.99. The first-order valence-corrected chi connectivity index (χ1v) is 7.16. The van der Waals surface area contributed by atoms with Gasteiger partial charge in [0.2, 0.25) is 5.91 Å². The zero-order valence-electron chi connectivity index (χ0n) is 11.2. The highest BCUT2D eigenvalue weighted by Gasteiger charge is 2.25. The van der Waals surface area contributed by atoms with Crippen LogP contribution >= 0.6 is 15.9 Å². The summed E-state index contributed by atoms with van der Waals surface area (Å²) in [6.07, 6.45) is 0.272. The third-order valence-corrected chi connectivity index (χ3v) is 4.23. The second kappa shape index (κ2) is 5.07. The van der Waals surface area contributed by atoms with Gasteiger partial charge in [0.15, 0.2) is 5.78 Å². The largest absolute Gasteiger partial charge is 0.315 e. The summed E-state index contributed by atoms with van der Waals surface area (Å²) in [5.74, 6) is -0.974. The maximum absolute atomic E-state index is 14.0. The Hall–Kier alpha value is -2.01. The highest BCUT2D eigenvalue weighted by atomic mass is 79.9. The maximum atomic E-state index is 14.0. The minimum Gasteiger partial charge on any atom is -0.315 e. The van der Waals surface area contributed by atoms with Crippen LogP contribution in [0.3, 0.4) is 0 Å². The minimum absolute atomic E-state index is 0.0109. The lowest BCUT2D eigenvalue weighted by atomic mass is 10.00. The summed E-state index contributed by atoms with van der Waals surface area (Å²) in [4.78, 5) is 25.6. The van der Waals surface area contributed by atoms with Gasteiger partial charge in [-0.2, -0.15) is 0 Å². The molecule has 0 spiro atoms. The minimum atomic E-state index is -0.573. The van der Waals surface area contributed by atoms with Crippen LogP contribution in [0.5, 0.6) is 0 Å². The number of likely N-dealkylation sites (N-methyl/N-ethyl adjacent to an activating group) is 1. The van der Waals surface area contributed by atoms with Gasteiger partial charge < -0.3 is 4.90 Å². The molecule has 0 radical (unpaired) electrons. The summed E-state index contributed by atoms with van der Waals surface area (Å²) in [5, 5.41) is 0. The molecule has 1 amide bonds. The van der Waals surface area contributed by atoms with Crippen LogP contribution < -0.4 is 4.90 Å². The third-order valence-electron chi connectivity index (χ3n) is 3.62. The summed E-state index contributed by atoms with van der Waals surface area (Å²) in [7, 11) is 1.70. The molecule has 0 fully saturated rings. The third kappa shape index (κ3) is 2.27. The van der Waals surface area contributed by atoms with Crippen LogP contribution in [0.15, 0.2) is 40.9 Å². The Balaban J connectivity index is 2.02. The van der Waals surface area contributed by atoms with E-state index in [4.69, 9.17) is 0 Å². The molecule has 1 aliphatic heterocycles. The van der Waals surface area contributed by atoms with Gasteiger partial charge in [-0.25, -0.2) is 4.39 Å². The van der Waals surface area contributed by atoms with Crippen molar-refractivity contribution in [1.29, 1.82) is 0 Å². The Kier molecular flexibility index (Phi) is 3.37. The Morgan fingerprint density at radius 2 is 2.05 bits per heavy atom. The van der Waals surface area contributed by atoms with Crippen LogP contribution in [0.4, 0.5) is 10.1 Å². The topological polar surface area (TPSA) is 37.4 Å². The molecule has 3 rings (SSSR count). The van der Waals surface area contributed by atoms with Crippen molar-refractivity contribution < 1.29 is 14.0 Å². The molecular formula is C16H11BrFNO2. The fourth-order valence-electron chi connectivity index (χ4n) is 2.45. The van der Waals surface area contributed by atoms with E-state index in [-0.39, 0.29) is 22.4 Å². The van der Waals surface area contributed by atoms with Crippen LogP contribution in [0.2, 0.25) is 0 Å². The van der Waals surface area contributed by atoms with Gasteiger partial charge in [0.05, 0.1) is 16.5 Å². The first kappa shape index (κ1) is 13.9. The van der Waals surface area contributed by atoms with Crippen LogP contribution in [-0.4, -0.2) is 18.7 Å². The quantitative estimate of drug-likeness (QED) is 0.781. The molecule has 1 heterocycles. The van der Waals surface area contributed by atoms with Crippen molar-refractivity contribution in [2.75, 3.05) is 11.9 Å². The molecule has 5 heteroatoms. The van der Waals surface area contributed by atoms with E-state index in [1.165, 1.54) is 6.07 Å². The van der Waals surface area contributed by atoms with E-state index in [0.717, 1.165) is 11.3 Å². The Morgan fingerprint density at radius 1 is 1.29 bits per heavy atom. The number of nitrogens with zero attached hydrogens (tertiary/aromatic N) is 1. The molecule has 1 aliphatic rings. The van der Waals surface area contributed by atoms with Crippen molar-refractivity contribution in [2.24, 2.45) is 0 Å². The molecule has 0 N–H and O–H groups in total. The molecule has 106 valence electrons. The number of halogens is 2. The standard InChI is InChI=1S/C16H11BrFNO2/c1-19-13-6-5-9(7-10(13)8-14(19)20)16(21)11-3-2-4-12(17)15(11)18/h2-7H,8H2,1H3. The lowest BCUT2D eigenvalue weighted by Crippen LogP contribution is -2.20. The van der Waals surface area contributed by atoms with Crippen molar-refractivity contribution in [3.8, 4) is 0 Å². The normalized spacial score (nSPS) is 13.5. The van der Waals surface area contributed by atoms with Gasteiger partial charge in [-0.15, -0.1) is 0 Å². The molecular weight excluding hydrogens is 337 g/mol. The highest BCUT2D eigenvalue weighted by molar-refractivity contribution is 9.10. The number of amides is 1. The zero-order valence-corrected chi connectivity index (χ0v) is 12.8. The number of rotatable bonds is 2. The van der Waals surface area contributed by atoms with Gasteiger partial charge in [-0.05, 0) is 51.8 Å². The highest BCUT2D eigenvalue weighted by Crippen LogP contribution is 2.29. The van der Waals surface area contributed by atoms with Crippen molar-refractivity contribution in [3.63, 3.8) is 0 Å². The van der Waals surface area contributed by atoms with E-state index in [2.05, 4.69) is 15.9 Å². The monoisotopic (exact) mass is 347 g/mol. The molecule has 0 saturated heterocycles. The van der Waals surface area contributed by atoms with E-state index in [1.807, 2.05) is 0 Å². The molecule has 0 bridgehead atoms. The fourth-order valence-corrected chi connectivity index (χ4v) is 2.81. The second-order valence-electron chi connectivity index (χ2n) is 4.90. The van der Waals surface area contributed by atoms with Crippen LogP contribution in [0.1, 0.15) is 21.5 Å². The molecule has 0 saturated carbocycles. The van der Waals surface area contributed by atoms with Gasteiger partial charge in [0.25, 0.3) is 0 Å². The van der Waals surface area contributed by atoms with E-state index in [1.54, 1.807) is 42.3 Å². The summed E-state index contributed by atoms with van der Waals surface area (Å²) in [6, 6.07) is 9.62. The van der Waals surface area contributed by atoms with Gasteiger partial charge in [0.1, 0.15) is 5.82 Å². The first-order valence-electron chi connectivity index (χ1n) is 6.37. The van der Waals surface area contributed by atoms with Crippen molar-refractivity contribution in [3.05, 3.63) is 63.4 Å². The molecule has 2 aromatic rings. The average Bonchev–Trinajstić information content (AvgIpc) is 2.76. The van der Waals surface area contributed by atoms with Crippen LogP contribution in [0, 0.1) is 5.82 Å². The lowest BCUT2D eigenvalue weighted by molar-refractivity contribution is -0.117. The average molecular weight is 348 g/mol. The van der Waals surface area contributed by atoms with E-state index in [9.17, 15) is 14.0 Å². The van der Waals surface area contributed by atoms with Crippen molar-refractivity contribution in [2.45, 2.75) is 6.42 Å². The molecule has 0 aromatic heterocycles. The summed E-state index contributed by atoms with van der Waals surface area (Å²) in [6.45, 7) is 0. The predicted molar refractivity (Wildman–Crippen MR) is 81.1 cm³/mol. The van der Waals surface area contributed by atoms with Gasteiger partial charge >= 0.3 is 0 Å². The summed E-state index contributed by atoms with van der Waals surface area (Å²) < 4.78 is 14.3. The Labute approximate surface area is 129 Å². The number of carbonyl (C=O) groups excluding carboxylic acids is 2. The lowest BCUT2D eigenvalue weighted by Gasteiger charge is -2.10. The molecule has 2 aromatic carbocycles. The second-order valence-corrected chi connectivity index (χ2v) is 5.76. The zero-order chi connectivity index (χ0) is 15.1. The van der Waals surface area contributed by atoms with E-state index < -0.39 is 11.6 Å². The molecule has 0 unspecified atom stereocenters. The van der Waals surface area contributed by atoms with Crippen LogP contribution in [0.25, 0.3) is 0 Å². The van der Waals surface area contributed by atoms with Gasteiger partial charge in [-0.3, -0.25) is 9.59 Å². The predicted octanol–water partition coefficient (Wildman–Crippen LogP) is 3.34. The number of anilines is 1. The van der Waals surface area contributed by atoms with E-state index in [0.29, 0.717) is 5.56 Å². The van der Waals surface area contributed by atoms with Crippen LogP contribution in [-0.2, 0) is 11.2 Å². The SMILES string of the molecule is CN1C(=O)Cc2cc(C(=O)c3cccc(Br)c3F)ccc21. The smallest absolute Gasteiger partial charge is 0.231 e. The summed E-state index contributed by atoms with van der Waals surface area (Å²) >= 11 is 3.07. The Bertz CT molecular complexity index is 773. The molecule has 21 heavy (non-hydrogen) atoms. The molecule has 0 atom stereocenters. The van der Waals surface area contributed by atoms with Gasteiger partial charge in [0, 0.05) is 18.3 Å². The van der Waals surface area contributed by atoms with Crippen molar-refractivity contribution >= 4 is 33.3 Å². The van der Waals surface area contributed by atoms with Gasteiger partial charge in [-0.1, -0.05) is 6.07 Å². The first-order chi connectivity index (χ1) is 9.99. The van der Waals surface area contributed by atoms with E-state index >= 15 is 0 Å². The number of fused-ring (bicyclic) bond motifs is 1. The number of benzene rings is 2. The molecule has 0 aliphatic carbocycles.